The Morgan fingerprint density at radius 1 is 0.840 bits per heavy atom. The van der Waals surface area contributed by atoms with Gasteiger partial charge in [-0.25, -0.2) is 4.39 Å². The van der Waals surface area contributed by atoms with Crippen LogP contribution in [0.3, 0.4) is 0 Å². The third-order valence-corrected chi connectivity index (χ3v) is 2.89. The maximum Gasteiger partial charge on any atom is 0.387 e. The van der Waals surface area contributed by atoms with Gasteiger partial charge in [-0.05, 0) is 36.4 Å². The van der Waals surface area contributed by atoms with Crippen molar-refractivity contribution in [3.63, 3.8) is 0 Å². The Bertz CT molecular complexity index is 667. The maximum absolute atomic E-state index is 12.8. The molecule has 1 N–H and O–H groups in total. The van der Waals surface area contributed by atoms with Gasteiger partial charge in [0.15, 0.2) is 5.75 Å². The zero-order valence-electron chi connectivity index (χ0n) is 12.7. The number of rotatable bonds is 9. The van der Waals surface area contributed by atoms with E-state index in [4.69, 9.17) is 4.74 Å². The third-order valence-electron chi connectivity index (χ3n) is 2.89. The monoisotopic (exact) mass is 363 g/mol. The lowest BCUT2D eigenvalue weighted by atomic mass is 10.2. The van der Waals surface area contributed by atoms with Gasteiger partial charge in [-0.15, -0.1) is 0 Å². The van der Waals surface area contributed by atoms with Gasteiger partial charge in [-0.3, -0.25) is 0 Å². The van der Waals surface area contributed by atoms with Crippen LogP contribution in [0.15, 0.2) is 42.5 Å². The molecule has 136 valence electrons. The van der Waals surface area contributed by atoms with Gasteiger partial charge >= 0.3 is 13.2 Å². The Balaban J connectivity index is 1.93. The van der Waals surface area contributed by atoms with Crippen LogP contribution in [0, 0.1) is 5.82 Å². The predicted molar refractivity (Wildman–Crippen MR) is 80.1 cm³/mol. The van der Waals surface area contributed by atoms with E-state index in [0.717, 1.165) is 6.07 Å². The molecule has 2 rings (SSSR count). The summed E-state index contributed by atoms with van der Waals surface area (Å²) in [4.78, 5) is 0. The summed E-state index contributed by atoms with van der Waals surface area (Å²) < 4.78 is 75.8. The SMILES string of the molecule is Fc1ccc(OCCNc2ccc(OC(F)F)cc2OC(F)F)cc1. The van der Waals surface area contributed by atoms with E-state index in [-0.39, 0.29) is 30.3 Å². The van der Waals surface area contributed by atoms with Crippen molar-refractivity contribution in [1.82, 2.24) is 0 Å². The van der Waals surface area contributed by atoms with Crippen LogP contribution < -0.4 is 19.5 Å². The van der Waals surface area contributed by atoms with Crippen molar-refractivity contribution in [2.45, 2.75) is 13.2 Å². The van der Waals surface area contributed by atoms with Crippen molar-refractivity contribution >= 4 is 5.69 Å². The van der Waals surface area contributed by atoms with Gasteiger partial charge in [0.05, 0.1) is 5.69 Å². The van der Waals surface area contributed by atoms with E-state index in [9.17, 15) is 22.0 Å². The second kappa shape index (κ2) is 8.95. The fourth-order valence-electron chi connectivity index (χ4n) is 1.90. The van der Waals surface area contributed by atoms with Crippen molar-refractivity contribution in [3.8, 4) is 17.2 Å². The Hall–Kier alpha value is -2.71. The minimum atomic E-state index is -3.13. The topological polar surface area (TPSA) is 39.7 Å². The van der Waals surface area contributed by atoms with Crippen LogP contribution in [-0.2, 0) is 0 Å². The molecule has 0 heterocycles. The first kappa shape index (κ1) is 18.6. The van der Waals surface area contributed by atoms with Crippen molar-refractivity contribution in [2.75, 3.05) is 18.5 Å². The summed E-state index contributed by atoms with van der Waals surface area (Å²) in [6.45, 7) is -5.86. The van der Waals surface area contributed by atoms with E-state index >= 15 is 0 Å². The molecule has 2 aromatic rings. The van der Waals surface area contributed by atoms with E-state index in [0.29, 0.717) is 5.75 Å². The highest BCUT2D eigenvalue weighted by molar-refractivity contribution is 5.59. The Morgan fingerprint density at radius 3 is 2.12 bits per heavy atom. The van der Waals surface area contributed by atoms with Crippen molar-refractivity contribution in [2.24, 2.45) is 0 Å². The quantitative estimate of drug-likeness (QED) is 0.525. The molecule has 0 aliphatic carbocycles. The second-order valence-electron chi connectivity index (χ2n) is 4.64. The van der Waals surface area contributed by atoms with Crippen LogP contribution in [0.4, 0.5) is 27.6 Å². The average molecular weight is 363 g/mol. The van der Waals surface area contributed by atoms with Crippen LogP contribution in [0.2, 0.25) is 0 Å². The fourth-order valence-corrected chi connectivity index (χ4v) is 1.90. The summed E-state index contributed by atoms with van der Waals surface area (Å²) in [7, 11) is 0. The number of nitrogens with one attached hydrogen (secondary N) is 1. The third kappa shape index (κ3) is 6.36. The standard InChI is InChI=1S/C16H14F5NO3/c17-10-1-3-11(4-2-10)23-8-7-22-13-6-5-12(24-15(18)19)9-14(13)25-16(20)21/h1-6,9,15-16,22H,7-8H2. The minimum absolute atomic E-state index is 0.148. The summed E-state index contributed by atoms with van der Waals surface area (Å²) in [5, 5.41) is 2.78. The number of hydrogen-bond acceptors (Lipinski definition) is 4. The van der Waals surface area contributed by atoms with Crippen LogP contribution in [-0.4, -0.2) is 26.4 Å². The number of benzene rings is 2. The van der Waals surface area contributed by atoms with E-state index in [1.807, 2.05) is 0 Å². The smallest absolute Gasteiger partial charge is 0.387 e. The van der Waals surface area contributed by atoms with Crippen molar-refractivity contribution in [1.29, 1.82) is 0 Å². The Morgan fingerprint density at radius 2 is 1.48 bits per heavy atom. The summed E-state index contributed by atoms with van der Waals surface area (Å²) in [5.74, 6) is -0.605. The van der Waals surface area contributed by atoms with Gasteiger partial charge in [0.25, 0.3) is 0 Å². The van der Waals surface area contributed by atoms with Crippen LogP contribution in [0.5, 0.6) is 17.2 Å². The zero-order valence-corrected chi connectivity index (χ0v) is 12.7. The lowest BCUT2D eigenvalue weighted by Crippen LogP contribution is -2.13. The number of alkyl halides is 4. The molecule has 0 fully saturated rings. The Kier molecular flexibility index (Phi) is 6.67. The second-order valence-corrected chi connectivity index (χ2v) is 4.64. The minimum Gasteiger partial charge on any atom is -0.492 e. The summed E-state index contributed by atoms with van der Waals surface area (Å²) in [6, 6.07) is 8.74. The lowest BCUT2D eigenvalue weighted by molar-refractivity contribution is -0.0539. The highest BCUT2D eigenvalue weighted by Crippen LogP contribution is 2.31. The maximum atomic E-state index is 12.8. The molecule has 0 aliphatic heterocycles. The van der Waals surface area contributed by atoms with Gasteiger partial charge in [-0.1, -0.05) is 0 Å². The molecule has 0 radical (unpaired) electrons. The molecule has 0 unspecified atom stereocenters. The molecular formula is C16H14F5NO3. The van der Waals surface area contributed by atoms with Crippen molar-refractivity contribution in [3.05, 3.63) is 48.3 Å². The fraction of sp³-hybridized carbons (Fsp3) is 0.250. The Labute approximate surface area is 140 Å². The van der Waals surface area contributed by atoms with E-state index in [2.05, 4.69) is 14.8 Å². The highest BCUT2D eigenvalue weighted by atomic mass is 19.3. The highest BCUT2D eigenvalue weighted by Gasteiger charge is 2.13. The average Bonchev–Trinajstić information content (AvgIpc) is 2.54. The largest absolute Gasteiger partial charge is 0.492 e. The first-order valence-electron chi connectivity index (χ1n) is 7.10. The molecule has 0 amide bonds. The summed E-state index contributed by atoms with van der Waals surface area (Å²) in [6.07, 6.45) is 0. The molecular weight excluding hydrogens is 349 g/mol. The van der Waals surface area contributed by atoms with Crippen molar-refractivity contribution < 1.29 is 36.2 Å². The molecule has 9 heteroatoms. The first-order chi connectivity index (χ1) is 11.9. The summed E-state index contributed by atoms with van der Waals surface area (Å²) in [5.41, 5.74) is 0.157. The van der Waals surface area contributed by atoms with E-state index < -0.39 is 19.0 Å². The molecule has 25 heavy (non-hydrogen) atoms. The normalized spacial score (nSPS) is 10.8. The predicted octanol–water partition coefficient (Wildman–Crippen LogP) is 4.52. The molecule has 4 nitrogen and oxygen atoms in total. The van der Waals surface area contributed by atoms with Gasteiger partial charge in [0.1, 0.15) is 23.9 Å². The lowest BCUT2D eigenvalue weighted by Gasteiger charge is -2.15. The molecule has 0 saturated heterocycles. The molecule has 0 saturated carbocycles. The molecule has 0 atom stereocenters. The van der Waals surface area contributed by atoms with Gasteiger partial charge in [0, 0.05) is 12.6 Å². The van der Waals surface area contributed by atoms with E-state index in [1.165, 1.54) is 36.4 Å². The zero-order chi connectivity index (χ0) is 18.2. The number of anilines is 1. The first-order valence-corrected chi connectivity index (χ1v) is 7.10. The molecule has 0 bridgehead atoms. The number of hydrogen-bond donors (Lipinski definition) is 1. The molecule has 0 spiro atoms. The molecule has 2 aromatic carbocycles. The van der Waals surface area contributed by atoms with Gasteiger partial charge in [0.2, 0.25) is 0 Å². The van der Waals surface area contributed by atoms with E-state index in [1.54, 1.807) is 0 Å². The van der Waals surface area contributed by atoms with Gasteiger partial charge < -0.3 is 19.5 Å². The molecule has 0 aliphatic rings. The van der Waals surface area contributed by atoms with Crippen LogP contribution >= 0.6 is 0 Å². The number of halogens is 5. The van der Waals surface area contributed by atoms with Crippen LogP contribution in [0.25, 0.3) is 0 Å². The van der Waals surface area contributed by atoms with Crippen LogP contribution in [0.1, 0.15) is 0 Å². The number of ether oxygens (including phenoxy) is 3. The molecule has 0 aromatic heterocycles. The summed E-state index contributed by atoms with van der Waals surface area (Å²) >= 11 is 0. The van der Waals surface area contributed by atoms with Gasteiger partial charge in [-0.2, -0.15) is 17.6 Å².